The van der Waals surface area contributed by atoms with Gasteiger partial charge < -0.3 is 11.1 Å². The molecule has 1 rings (SSSR count). The molecule has 0 saturated heterocycles. The van der Waals surface area contributed by atoms with E-state index in [-0.39, 0.29) is 18.3 Å². The maximum absolute atomic E-state index is 11.7. The number of amides is 1. The van der Waals surface area contributed by atoms with Gasteiger partial charge in [-0.15, -0.1) is 12.4 Å². The molecule has 0 aliphatic heterocycles. The fourth-order valence-electron chi connectivity index (χ4n) is 1.59. The van der Waals surface area contributed by atoms with E-state index in [2.05, 4.69) is 21.2 Å². The summed E-state index contributed by atoms with van der Waals surface area (Å²) in [6.07, 6.45) is 0.680. The number of halogens is 3. The summed E-state index contributed by atoms with van der Waals surface area (Å²) in [7, 11) is 0. The minimum Gasteiger partial charge on any atom is -0.351 e. The number of benzene rings is 1. The predicted octanol–water partition coefficient (Wildman–Crippen LogP) is 3.51. The highest BCUT2D eigenvalue weighted by Crippen LogP contribution is 2.21. The Labute approximate surface area is 133 Å². The Kier molecular flexibility index (Phi) is 8.66. The standard InChI is InChI=1S/C13H18BrClN2O.ClH/c1-8(2)5-12(16)13(18)17-7-9-3-4-10(14)6-11(9)15;/h3-4,6,8,12H,5,7,16H2,1-2H3,(H,17,18);1H/t12-;/m0./s1. The molecule has 1 aromatic carbocycles. The number of hydrogen-bond acceptors (Lipinski definition) is 2. The number of nitrogens with two attached hydrogens (primary N) is 1. The summed E-state index contributed by atoms with van der Waals surface area (Å²) in [4.78, 5) is 11.7. The van der Waals surface area contributed by atoms with Gasteiger partial charge in [-0.1, -0.05) is 47.4 Å². The highest BCUT2D eigenvalue weighted by Gasteiger charge is 2.14. The highest BCUT2D eigenvalue weighted by atomic mass is 79.9. The van der Waals surface area contributed by atoms with Gasteiger partial charge in [0.2, 0.25) is 5.91 Å². The first-order chi connectivity index (χ1) is 8.40. The fraction of sp³-hybridized carbons (Fsp3) is 0.462. The van der Waals surface area contributed by atoms with Gasteiger partial charge in [0.25, 0.3) is 0 Å². The minimum absolute atomic E-state index is 0. The monoisotopic (exact) mass is 368 g/mol. The van der Waals surface area contributed by atoms with Crippen molar-refractivity contribution in [1.29, 1.82) is 0 Å². The lowest BCUT2D eigenvalue weighted by Crippen LogP contribution is -2.41. The summed E-state index contributed by atoms with van der Waals surface area (Å²) in [5, 5.41) is 3.43. The summed E-state index contributed by atoms with van der Waals surface area (Å²) in [5.74, 6) is 0.268. The molecule has 3 N–H and O–H groups in total. The first-order valence-electron chi connectivity index (χ1n) is 5.87. The van der Waals surface area contributed by atoms with Crippen LogP contribution in [0.3, 0.4) is 0 Å². The average Bonchev–Trinajstić information content (AvgIpc) is 2.26. The van der Waals surface area contributed by atoms with Crippen LogP contribution in [0, 0.1) is 5.92 Å². The third-order valence-electron chi connectivity index (χ3n) is 2.53. The van der Waals surface area contributed by atoms with Crippen LogP contribution >= 0.6 is 39.9 Å². The Hall–Kier alpha value is -0.290. The van der Waals surface area contributed by atoms with E-state index in [9.17, 15) is 4.79 Å². The van der Waals surface area contributed by atoms with Gasteiger partial charge in [-0.3, -0.25) is 4.79 Å². The maximum Gasteiger partial charge on any atom is 0.237 e. The topological polar surface area (TPSA) is 55.1 Å². The lowest BCUT2D eigenvalue weighted by atomic mass is 10.0. The summed E-state index contributed by atoms with van der Waals surface area (Å²) < 4.78 is 0.916. The zero-order chi connectivity index (χ0) is 13.7. The van der Waals surface area contributed by atoms with Crippen LogP contribution in [0.25, 0.3) is 0 Å². The van der Waals surface area contributed by atoms with Crippen LogP contribution in [0.4, 0.5) is 0 Å². The fourth-order valence-corrected chi connectivity index (χ4v) is 2.33. The van der Waals surface area contributed by atoms with Gasteiger partial charge in [-0.2, -0.15) is 0 Å². The quantitative estimate of drug-likeness (QED) is 0.834. The van der Waals surface area contributed by atoms with Crippen LogP contribution in [0.2, 0.25) is 5.02 Å². The Morgan fingerprint density at radius 1 is 1.47 bits per heavy atom. The first kappa shape index (κ1) is 18.7. The molecular weight excluding hydrogens is 351 g/mol. The molecule has 1 atom stereocenters. The van der Waals surface area contributed by atoms with Crippen molar-refractivity contribution in [2.75, 3.05) is 0 Å². The lowest BCUT2D eigenvalue weighted by Gasteiger charge is -2.14. The number of carbonyl (C=O) groups excluding carboxylic acids is 1. The van der Waals surface area contributed by atoms with Gasteiger partial charge in [0.15, 0.2) is 0 Å². The Morgan fingerprint density at radius 2 is 2.11 bits per heavy atom. The van der Waals surface area contributed by atoms with Crippen molar-refractivity contribution in [3.63, 3.8) is 0 Å². The molecule has 19 heavy (non-hydrogen) atoms. The van der Waals surface area contributed by atoms with Gasteiger partial charge in [-0.05, 0) is 30.0 Å². The van der Waals surface area contributed by atoms with Crippen molar-refractivity contribution in [2.45, 2.75) is 32.9 Å². The van der Waals surface area contributed by atoms with Crippen molar-refractivity contribution in [3.8, 4) is 0 Å². The van der Waals surface area contributed by atoms with Crippen LogP contribution in [-0.2, 0) is 11.3 Å². The number of carbonyl (C=O) groups is 1. The third kappa shape index (κ3) is 6.61. The van der Waals surface area contributed by atoms with E-state index < -0.39 is 6.04 Å². The molecule has 0 fully saturated rings. The molecular formula is C13H19BrCl2N2O. The molecule has 1 aromatic rings. The molecule has 3 nitrogen and oxygen atoms in total. The lowest BCUT2D eigenvalue weighted by molar-refractivity contribution is -0.122. The largest absolute Gasteiger partial charge is 0.351 e. The van der Waals surface area contributed by atoms with Crippen LogP contribution in [0.5, 0.6) is 0 Å². The first-order valence-corrected chi connectivity index (χ1v) is 7.04. The van der Waals surface area contributed by atoms with Gasteiger partial charge in [0.05, 0.1) is 6.04 Å². The highest BCUT2D eigenvalue weighted by molar-refractivity contribution is 9.10. The number of hydrogen-bond donors (Lipinski definition) is 2. The molecule has 6 heteroatoms. The maximum atomic E-state index is 11.7. The molecule has 108 valence electrons. The number of nitrogens with one attached hydrogen (secondary N) is 1. The average molecular weight is 370 g/mol. The smallest absolute Gasteiger partial charge is 0.237 e. The molecule has 1 amide bonds. The van der Waals surface area contributed by atoms with E-state index in [0.29, 0.717) is 23.9 Å². The van der Waals surface area contributed by atoms with E-state index in [1.165, 1.54) is 0 Å². The van der Waals surface area contributed by atoms with Crippen LogP contribution < -0.4 is 11.1 Å². The van der Waals surface area contributed by atoms with Crippen molar-refractivity contribution < 1.29 is 4.79 Å². The zero-order valence-corrected chi connectivity index (χ0v) is 14.1. The zero-order valence-electron chi connectivity index (χ0n) is 11.0. The van der Waals surface area contributed by atoms with Crippen LogP contribution in [-0.4, -0.2) is 11.9 Å². The number of rotatable bonds is 5. The molecule has 0 aliphatic rings. The van der Waals surface area contributed by atoms with E-state index in [1.54, 1.807) is 6.07 Å². The molecule has 0 aromatic heterocycles. The van der Waals surface area contributed by atoms with E-state index in [1.807, 2.05) is 26.0 Å². The second-order valence-corrected chi connectivity index (χ2v) is 6.01. The van der Waals surface area contributed by atoms with Crippen molar-refractivity contribution in [1.82, 2.24) is 5.32 Å². The predicted molar refractivity (Wildman–Crippen MR) is 85.7 cm³/mol. The van der Waals surface area contributed by atoms with E-state index in [0.717, 1.165) is 10.0 Å². The van der Waals surface area contributed by atoms with Gasteiger partial charge in [0, 0.05) is 16.0 Å². The second kappa shape index (κ2) is 8.80. The summed E-state index contributed by atoms with van der Waals surface area (Å²) in [6, 6.07) is 5.11. The van der Waals surface area contributed by atoms with E-state index in [4.69, 9.17) is 17.3 Å². The minimum atomic E-state index is -0.459. The second-order valence-electron chi connectivity index (χ2n) is 4.69. The van der Waals surface area contributed by atoms with Gasteiger partial charge in [0.1, 0.15) is 0 Å². The van der Waals surface area contributed by atoms with Gasteiger partial charge in [-0.25, -0.2) is 0 Å². The Balaban J connectivity index is 0.00000324. The van der Waals surface area contributed by atoms with Crippen molar-refractivity contribution in [3.05, 3.63) is 33.3 Å². The van der Waals surface area contributed by atoms with Crippen molar-refractivity contribution in [2.24, 2.45) is 11.7 Å². The summed E-state index contributed by atoms with van der Waals surface area (Å²) in [6.45, 7) is 4.48. The third-order valence-corrected chi connectivity index (χ3v) is 3.38. The van der Waals surface area contributed by atoms with Crippen LogP contribution in [0.1, 0.15) is 25.8 Å². The Bertz CT molecular complexity index is 427. The molecule has 0 saturated carbocycles. The Morgan fingerprint density at radius 3 is 2.63 bits per heavy atom. The molecule has 0 spiro atoms. The summed E-state index contributed by atoms with van der Waals surface area (Å²) in [5.41, 5.74) is 6.67. The molecule has 0 heterocycles. The molecule has 0 aliphatic carbocycles. The molecule has 0 unspecified atom stereocenters. The SMILES string of the molecule is CC(C)C[C@H](N)C(=O)NCc1ccc(Br)cc1Cl.Cl. The normalized spacial score (nSPS) is 11.9. The molecule has 0 radical (unpaired) electrons. The van der Waals surface area contributed by atoms with Gasteiger partial charge >= 0.3 is 0 Å². The van der Waals surface area contributed by atoms with Crippen molar-refractivity contribution >= 4 is 45.8 Å². The van der Waals surface area contributed by atoms with Crippen LogP contribution in [0.15, 0.2) is 22.7 Å². The van der Waals surface area contributed by atoms with E-state index >= 15 is 0 Å². The summed E-state index contributed by atoms with van der Waals surface area (Å²) >= 11 is 9.40. The molecule has 0 bridgehead atoms.